The molecule has 0 radical (unpaired) electrons. The molecule has 3 aromatic rings. The van der Waals surface area contributed by atoms with Crippen LogP contribution in [0.1, 0.15) is 33.6 Å². The number of hydrogen-bond donors (Lipinski definition) is 1. The lowest BCUT2D eigenvalue weighted by molar-refractivity contribution is -0.137. The number of thioether (sulfide) groups is 1. The number of nitrogens with one attached hydrogen (secondary N) is 1. The summed E-state index contributed by atoms with van der Waals surface area (Å²) in [4.78, 5) is 71.2. The van der Waals surface area contributed by atoms with Gasteiger partial charge in [-0.2, -0.15) is 0 Å². The second kappa shape index (κ2) is 11.7. The molecular formula is C29H27N3O8S2. The van der Waals surface area contributed by atoms with E-state index in [4.69, 9.17) is 14.2 Å². The van der Waals surface area contributed by atoms with Crippen LogP contribution in [0.4, 0.5) is 5.69 Å². The van der Waals surface area contributed by atoms with Crippen molar-refractivity contribution < 1.29 is 33.4 Å². The number of rotatable bonds is 7. The highest BCUT2D eigenvalue weighted by Crippen LogP contribution is 2.54. The lowest BCUT2D eigenvalue weighted by Crippen LogP contribution is -2.43. The number of hydrogen-bond acceptors (Lipinski definition) is 10. The molecule has 3 amide bonds. The van der Waals surface area contributed by atoms with Crippen LogP contribution in [0.5, 0.6) is 5.75 Å². The van der Waals surface area contributed by atoms with Gasteiger partial charge in [0, 0.05) is 29.4 Å². The summed E-state index contributed by atoms with van der Waals surface area (Å²) in [7, 11) is 0. The van der Waals surface area contributed by atoms with Gasteiger partial charge in [-0.25, -0.2) is 9.69 Å². The quantitative estimate of drug-likeness (QED) is 0.317. The van der Waals surface area contributed by atoms with Gasteiger partial charge in [-0.15, -0.1) is 0 Å². The first-order chi connectivity index (χ1) is 20.4. The Hall–Kier alpha value is -3.94. The number of aromatic nitrogens is 1. The number of para-hydroxylation sites is 1. The van der Waals surface area contributed by atoms with Crippen LogP contribution in [-0.2, 0) is 23.9 Å². The molecule has 2 saturated heterocycles. The highest BCUT2D eigenvalue weighted by atomic mass is 32.2. The molecule has 3 atom stereocenters. The van der Waals surface area contributed by atoms with Crippen molar-refractivity contribution in [1.29, 1.82) is 0 Å². The number of aromatic amines is 1. The van der Waals surface area contributed by atoms with Crippen LogP contribution >= 0.6 is 23.1 Å². The molecule has 1 aromatic heterocycles. The third kappa shape index (κ3) is 5.12. The second-order valence-corrected chi connectivity index (χ2v) is 12.0. The zero-order valence-electron chi connectivity index (χ0n) is 22.6. The number of carbonyl (C=O) groups excluding carboxylic acids is 4. The fourth-order valence-electron chi connectivity index (χ4n) is 5.48. The van der Waals surface area contributed by atoms with Gasteiger partial charge < -0.3 is 24.1 Å². The van der Waals surface area contributed by atoms with Crippen molar-refractivity contribution >= 4 is 52.5 Å². The van der Waals surface area contributed by atoms with E-state index < -0.39 is 34.9 Å². The molecule has 3 aliphatic rings. The average molecular weight is 610 g/mol. The Morgan fingerprint density at radius 3 is 2.50 bits per heavy atom. The molecular weight excluding hydrogens is 582 g/mol. The molecule has 6 rings (SSSR count). The van der Waals surface area contributed by atoms with E-state index in [0.717, 1.165) is 16.2 Å². The van der Waals surface area contributed by atoms with Crippen LogP contribution in [0, 0.1) is 5.92 Å². The van der Waals surface area contributed by atoms with Crippen LogP contribution < -0.4 is 14.5 Å². The first-order valence-corrected chi connectivity index (χ1v) is 15.2. The van der Waals surface area contributed by atoms with Gasteiger partial charge in [0.05, 0.1) is 42.0 Å². The first kappa shape index (κ1) is 28.2. The van der Waals surface area contributed by atoms with Crippen molar-refractivity contribution in [2.24, 2.45) is 5.92 Å². The van der Waals surface area contributed by atoms with E-state index >= 15 is 0 Å². The van der Waals surface area contributed by atoms with Gasteiger partial charge in [-0.05, 0) is 37.3 Å². The zero-order chi connectivity index (χ0) is 29.4. The number of imide groups is 1. The summed E-state index contributed by atoms with van der Waals surface area (Å²) >= 11 is 2.17. The molecule has 11 nitrogen and oxygen atoms in total. The van der Waals surface area contributed by atoms with Crippen molar-refractivity contribution in [1.82, 2.24) is 9.88 Å². The van der Waals surface area contributed by atoms with Crippen molar-refractivity contribution in [3.05, 3.63) is 74.2 Å². The van der Waals surface area contributed by atoms with Crippen LogP contribution in [0.15, 0.2) is 58.4 Å². The molecule has 2 fully saturated rings. The number of ether oxygens (including phenoxy) is 3. The monoisotopic (exact) mass is 609 g/mol. The third-order valence-corrected chi connectivity index (χ3v) is 9.83. The molecule has 42 heavy (non-hydrogen) atoms. The molecule has 0 bridgehead atoms. The van der Waals surface area contributed by atoms with E-state index in [2.05, 4.69) is 4.98 Å². The fraction of sp³-hybridized carbons (Fsp3) is 0.345. The summed E-state index contributed by atoms with van der Waals surface area (Å²) in [5.74, 6) is -2.60. The SMILES string of the molecule is CCOC(=O)c1ccc(N2C(=O)[C@H]3[C@H](c4ccccc4OCC(=O)N4CCOCC4)c4sc(=O)[nH]c4S[C@H]3C2=O)cc1. The maximum absolute atomic E-state index is 14.1. The van der Waals surface area contributed by atoms with E-state index in [1.807, 2.05) is 0 Å². The van der Waals surface area contributed by atoms with E-state index in [0.29, 0.717) is 58.8 Å². The molecule has 0 saturated carbocycles. The van der Waals surface area contributed by atoms with Gasteiger partial charge in [0.2, 0.25) is 11.8 Å². The number of fused-ring (bicyclic) bond motifs is 2. The minimum absolute atomic E-state index is 0.179. The van der Waals surface area contributed by atoms with E-state index in [-0.39, 0.29) is 24.0 Å². The number of nitrogens with zero attached hydrogens (tertiary/aromatic N) is 2. The Kier molecular flexibility index (Phi) is 7.88. The predicted molar refractivity (Wildman–Crippen MR) is 154 cm³/mol. The number of carbonyl (C=O) groups is 4. The molecule has 4 heterocycles. The van der Waals surface area contributed by atoms with Crippen LogP contribution in [0.2, 0.25) is 0 Å². The average Bonchev–Trinajstić information content (AvgIpc) is 3.50. The number of morpholine rings is 1. The van der Waals surface area contributed by atoms with Gasteiger partial charge in [0.25, 0.3) is 5.91 Å². The van der Waals surface area contributed by atoms with Gasteiger partial charge in [-0.3, -0.25) is 19.2 Å². The molecule has 13 heteroatoms. The highest BCUT2D eigenvalue weighted by molar-refractivity contribution is 8.00. The Labute approximate surface area is 248 Å². The summed E-state index contributed by atoms with van der Waals surface area (Å²) < 4.78 is 16.4. The van der Waals surface area contributed by atoms with Gasteiger partial charge in [0.1, 0.15) is 11.0 Å². The molecule has 3 aliphatic heterocycles. The fourth-order valence-corrected chi connectivity index (χ4v) is 7.99. The standard InChI is InChI=1S/C29H27N3O8S2/c1-2-39-28(36)16-7-9-17(10-8-16)32-26(34)22-21(23-25(30-29(37)42-23)41-24(22)27(32)35)18-5-3-4-6-19(18)40-15-20(33)31-11-13-38-14-12-31/h3-10,21-22,24H,2,11-15H2,1H3,(H,30,37)/t21-,22-,24+/m0/s1. The highest BCUT2D eigenvalue weighted by Gasteiger charge is 2.56. The van der Waals surface area contributed by atoms with Crippen LogP contribution in [0.3, 0.4) is 0 Å². The maximum Gasteiger partial charge on any atom is 0.338 e. The van der Waals surface area contributed by atoms with Gasteiger partial charge in [-0.1, -0.05) is 41.3 Å². The minimum atomic E-state index is -0.828. The summed E-state index contributed by atoms with van der Waals surface area (Å²) in [6.07, 6.45) is 0. The summed E-state index contributed by atoms with van der Waals surface area (Å²) in [6, 6.07) is 13.2. The number of thiazole rings is 1. The molecule has 2 aromatic carbocycles. The minimum Gasteiger partial charge on any atom is -0.483 e. The van der Waals surface area contributed by atoms with Crippen molar-refractivity contribution in [2.45, 2.75) is 23.1 Å². The number of anilines is 1. The zero-order valence-corrected chi connectivity index (χ0v) is 24.2. The molecule has 0 aliphatic carbocycles. The Morgan fingerprint density at radius 2 is 1.76 bits per heavy atom. The number of H-pyrrole nitrogens is 1. The van der Waals surface area contributed by atoms with Gasteiger partial charge in [0.15, 0.2) is 6.61 Å². The third-order valence-electron chi connectivity index (χ3n) is 7.43. The van der Waals surface area contributed by atoms with Crippen molar-refractivity contribution in [3.63, 3.8) is 0 Å². The predicted octanol–water partition coefficient (Wildman–Crippen LogP) is 2.65. The van der Waals surface area contributed by atoms with Gasteiger partial charge >= 0.3 is 10.8 Å². The number of amides is 3. The normalized spacial score (nSPS) is 21.6. The Balaban J connectivity index is 1.33. The molecule has 0 spiro atoms. The lowest BCUT2D eigenvalue weighted by atomic mass is 9.82. The molecule has 1 N–H and O–H groups in total. The molecule has 218 valence electrons. The Bertz CT molecular complexity index is 1590. The smallest absolute Gasteiger partial charge is 0.338 e. The van der Waals surface area contributed by atoms with E-state index in [9.17, 15) is 24.0 Å². The topological polar surface area (TPSA) is 135 Å². The Morgan fingerprint density at radius 1 is 1.02 bits per heavy atom. The van der Waals surface area contributed by atoms with Crippen LogP contribution in [-0.4, -0.2) is 78.3 Å². The summed E-state index contributed by atoms with van der Waals surface area (Å²) in [6.45, 7) is 3.65. The van der Waals surface area contributed by atoms with Crippen molar-refractivity contribution in [2.75, 3.05) is 44.4 Å². The summed E-state index contributed by atoms with van der Waals surface area (Å²) in [5.41, 5.74) is 1.26. The summed E-state index contributed by atoms with van der Waals surface area (Å²) in [5, 5.41) is -0.260. The first-order valence-electron chi connectivity index (χ1n) is 13.5. The lowest BCUT2D eigenvalue weighted by Gasteiger charge is -2.31. The number of esters is 1. The van der Waals surface area contributed by atoms with E-state index in [1.54, 1.807) is 48.2 Å². The number of benzene rings is 2. The second-order valence-electron chi connectivity index (χ2n) is 9.85. The maximum atomic E-state index is 14.1. The van der Waals surface area contributed by atoms with Crippen LogP contribution in [0.25, 0.3) is 0 Å². The van der Waals surface area contributed by atoms with Crippen molar-refractivity contribution in [3.8, 4) is 5.75 Å². The van der Waals surface area contributed by atoms with E-state index in [1.165, 1.54) is 23.9 Å². The largest absolute Gasteiger partial charge is 0.483 e. The molecule has 0 unspecified atom stereocenters.